The molecular formula is C11H13N3O2. The van der Waals surface area contributed by atoms with Crippen LogP contribution in [-0.4, -0.2) is 9.91 Å². The van der Waals surface area contributed by atoms with E-state index >= 15 is 0 Å². The van der Waals surface area contributed by atoms with E-state index in [4.69, 9.17) is 5.73 Å². The van der Waals surface area contributed by atoms with Crippen LogP contribution >= 0.6 is 0 Å². The number of fused-ring (bicyclic) bond motifs is 1. The summed E-state index contributed by atoms with van der Waals surface area (Å²) in [5.74, 6) is 0.386. The van der Waals surface area contributed by atoms with Crippen molar-refractivity contribution in [2.75, 3.05) is 5.73 Å². The summed E-state index contributed by atoms with van der Waals surface area (Å²) in [5.41, 5.74) is 5.66. The van der Waals surface area contributed by atoms with Crippen molar-refractivity contribution >= 4 is 22.3 Å². The molecule has 0 fully saturated rings. The Labute approximate surface area is 93.1 Å². The number of rotatable bonds is 1. The SMILES string of the molecule is CC.Nc1nccc2cc([N+](=O)[O-])ccc12. The van der Waals surface area contributed by atoms with Crippen LogP contribution in [0.4, 0.5) is 11.5 Å². The number of pyridine rings is 1. The second kappa shape index (κ2) is 5.06. The van der Waals surface area contributed by atoms with E-state index in [9.17, 15) is 10.1 Å². The van der Waals surface area contributed by atoms with Crippen LogP contribution in [0.3, 0.4) is 0 Å². The van der Waals surface area contributed by atoms with E-state index < -0.39 is 4.92 Å². The minimum atomic E-state index is -0.434. The molecule has 84 valence electrons. The Balaban J connectivity index is 0.000000606. The molecule has 0 saturated heterocycles. The summed E-state index contributed by atoms with van der Waals surface area (Å²) < 4.78 is 0. The van der Waals surface area contributed by atoms with Gasteiger partial charge in [0.25, 0.3) is 5.69 Å². The van der Waals surface area contributed by atoms with Gasteiger partial charge in [-0.05, 0) is 17.5 Å². The number of benzene rings is 1. The highest BCUT2D eigenvalue weighted by Crippen LogP contribution is 2.23. The molecule has 2 N–H and O–H groups in total. The van der Waals surface area contributed by atoms with E-state index in [1.54, 1.807) is 12.1 Å². The van der Waals surface area contributed by atoms with Crippen LogP contribution in [0.5, 0.6) is 0 Å². The summed E-state index contributed by atoms with van der Waals surface area (Å²) in [7, 11) is 0. The molecule has 1 aromatic heterocycles. The molecular weight excluding hydrogens is 206 g/mol. The molecule has 0 radical (unpaired) electrons. The first-order chi connectivity index (χ1) is 7.68. The van der Waals surface area contributed by atoms with E-state index in [-0.39, 0.29) is 5.69 Å². The molecule has 0 saturated carbocycles. The van der Waals surface area contributed by atoms with Crippen molar-refractivity contribution in [1.82, 2.24) is 4.98 Å². The summed E-state index contributed by atoms with van der Waals surface area (Å²) in [6.07, 6.45) is 1.53. The van der Waals surface area contributed by atoms with Gasteiger partial charge in [-0.25, -0.2) is 4.98 Å². The first-order valence-electron chi connectivity index (χ1n) is 4.97. The summed E-state index contributed by atoms with van der Waals surface area (Å²) in [5, 5.41) is 12.0. The van der Waals surface area contributed by atoms with Crippen LogP contribution in [0.1, 0.15) is 13.8 Å². The van der Waals surface area contributed by atoms with Crippen molar-refractivity contribution in [3.05, 3.63) is 40.6 Å². The molecule has 2 aromatic rings. The van der Waals surface area contributed by atoms with Crippen LogP contribution in [0.2, 0.25) is 0 Å². The van der Waals surface area contributed by atoms with Gasteiger partial charge in [-0.1, -0.05) is 13.8 Å². The molecule has 0 amide bonds. The lowest BCUT2D eigenvalue weighted by Crippen LogP contribution is -1.92. The summed E-state index contributed by atoms with van der Waals surface area (Å²) in [6.45, 7) is 4.00. The maximum Gasteiger partial charge on any atom is 0.270 e. The van der Waals surface area contributed by atoms with Gasteiger partial charge in [0.05, 0.1) is 4.92 Å². The van der Waals surface area contributed by atoms with Gasteiger partial charge in [0, 0.05) is 23.7 Å². The molecule has 0 aliphatic rings. The summed E-state index contributed by atoms with van der Waals surface area (Å²) in [6, 6.07) is 6.20. The highest BCUT2D eigenvalue weighted by atomic mass is 16.6. The number of nitro benzene ring substituents is 1. The Morgan fingerprint density at radius 2 is 2.00 bits per heavy atom. The first kappa shape index (κ1) is 11.9. The maximum absolute atomic E-state index is 10.5. The number of nitro groups is 1. The van der Waals surface area contributed by atoms with Gasteiger partial charge < -0.3 is 5.73 Å². The van der Waals surface area contributed by atoms with Crippen LogP contribution in [0, 0.1) is 10.1 Å². The molecule has 0 unspecified atom stereocenters. The average Bonchev–Trinajstić information content (AvgIpc) is 2.31. The van der Waals surface area contributed by atoms with Gasteiger partial charge in [0.1, 0.15) is 5.82 Å². The number of hydrogen-bond acceptors (Lipinski definition) is 4. The molecule has 2 rings (SSSR count). The van der Waals surface area contributed by atoms with E-state index in [1.165, 1.54) is 18.3 Å². The van der Waals surface area contributed by atoms with Crippen molar-refractivity contribution < 1.29 is 4.92 Å². The second-order valence-electron chi connectivity index (χ2n) is 2.86. The quantitative estimate of drug-likeness (QED) is 0.590. The maximum atomic E-state index is 10.5. The lowest BCUT2D eigenvalue weighted by atomic mass is 10.1. The third-order valence-electron chi connectivity index (χ3n) is 1.99. The topological polar surface area (TPSA) is 82.0 Å². The van der Waals surface area contributed by atoms with E-state index in [0.29, 0.717) is 5.82 Å². The van der Waals surface area contributed by atoms with Crippen molar-refractivity contribution in [2.24, 2.45) is 0 Å². The highest BCUT2D eigenvalue weighted by Gasteiger charge is 2.06. The van der Waals surface area contributed by atoms with Crippen LogP contribution in [-0.2, 0) is 0 Å². The number of nitrogen functional groups attached to an aromatic ring is 1. The van der Waals surface area contributed by atoms with Gasteiger partial charge in [-0.3, -0.25) is 10.1 Å². The predicted octanol–water partition coefficient (Wildman–Crippen LogP) is 2.75. The Bertz CT molecular complexity index is 512. The number of nitrogens with zero attached hydrogens (tertiary/aromatic N) is 2. The Morgan fingerprint density at radius 1 is 1.31 bits per heavy atom. The fraction of sp³-hybridized carbons (Fsp3) is 0.182. The van der Waals surface area contributed by atoms with Gasteiger partial charge in [0.15, 0.2) is 0 Å². The molecule has 16 heavy (non-hydrogen) atoms. The van der Waals surface area contributed by atoms with Gasteiger partial charge >= 0.3 is 0 Å². The van der Waals surface area contributed by atoms with E-state index in [2.05, 4.69) is 4.98 Å². The third-order valence-corrected chi connectivity index (χ3v) is 1.99. The zero-order valence-electron chi connectivity index (χ0n) is 9.18. The number of non-ortho nitro benzene ring substituents is 1. The normalized spacial score (nSPS) is 9.38. The van der Waals surface area contributed by atoms with Gasteiger partial charge in [0.2, 0.25) is 0 Å². The van der Waals surface area contributed by atoms with Crippen LogP contribution in [0.15, 0.2) is 30.5 Å². The van der Waals surface area contributed by atoms with Crippen molar-refractivity contribution in [1.29, 1.82) is 0 Å². The molecule has 1 aromatic carbocycles. The molecule has 1 heterocycles. The van der Waals surface area contributed by atoms with E-state index in [0.717, 1.165) is 10.8 Å². The molecule has 5 heteroatoms. The monoisotopic (exact) mass is 219 g/mol. The van der Waals surface area contributed by atoms with Crippen molar-refractivity contribution in [3.63, 3.8) is 0 Å². The number of nitrogens with two attached hydrogens (primary N) is 1. The lowest BCUT2D eigenvalue weighted by molar-refractivity contribution is -0.384. The molecule has 0 atom stereocenters. The fourth-order valence-electron chi connectivity index (χ4n) is 1.30. The second-order valence-corrected chi connectivity index (χ2v) is 2.86. The first-order valence-corrected chi connectivity index (χ1v) is 4.97. The van der Waals surface area contributed by atoms with Crippen molar-refractivity contribution in [2.45, 2.75) is 13.8 Å². The minimum absolute atomic E-state index is 0.0584. The summed E-state index contributed by atoms with van der Waals surface area (Å²) in [4.78, 5) is 13.9. The van der Waals surface area contributed by atoms with Crippen LogP contribution < -0.4 is 5.73 Å². The lowest BCUT2D eigenvalue weighted by Gasteiger charge is -1.99. The minimum Gasteiger partial charge on any atom is -0.383 e. The zero-order valence-corrected chi connectivity index (χ0v) is 9.18. The molecule has 0 aliphatic carbocycles. The molecule has 0 bridgehead atoms. The standard InChI is InChI=1S/C9H7N3O2.C2H6/c10-9-8-2-1-7(12(13)14)5-6(8)3-4-11-9;1-2/h1-5H,(H2,10,11);1-2H3. The summed E-state index contributed by atoms with van der Waals surface area (Å²) >= 11 is 0. The number of anilines is 1. The van der Waals surface area contributed by atoms with E-state index in [1.807, 2.05) is 13.8 Å². The third kappa shape index (κ3) is 2.25. The molecule has 5 nitrogen and oxygen atoms in total. The largest absolute Gasteiger partial charge is 0.383 e. The predicted molar refractivity (Wildman–Crippen MR) is 64.2 cm³/mol. The molecule has 0 aliphatic heterocycles. The van der Waals surface area contributed by atoms with Crippen LogP contribution in [0.25, 0.3) is 10.8 Å². The number of hydrogen-bond donors (Lipinski definition) is 1. The number of aromatic nitrogens is 1. The highest BCUT2D eigenvalue weighted by molar-refractivity contribution is 5.92. The fourth-order valence-corrected chi connectivity index (χ4v) is 1.30. The molecule has 0 spiro atoms. The average molecular weight is 219 g/mol. The van der Waals surface area contributed by atoms with Gasteiger partial charge in [-0.2, -0.15) is 0 Å². The smallest absolute Gasteiger partial charge is 0.270 e. The zero-order chi connectivity index (χ0) is 12.1. The Morgan fingerprint density at radius 3 is 2.62 bits per heavy atom. The van der Waals surface area contributed by atoms with Gasteiger partial charge in [-0.15, -0.1) is 0 Å². The Hall–Kier alpha value is -2.17. The van der Waals surface area contributed by atoms with Crippen molar-refractivity contribution in [3.8, 4) is 0 Å². The Kier molecular flexibility index (Phi) is 3.77.